The third-order valence-corrected chi connectivity index (χ3v) is 4.49. The molecule has 0 saturated carbocycles. The van der Waals surface area contributed by atoms with Gasteiger partial charge >= 0.3 is 12.1 Å². The van der Waals surface area contributed by atoms with Crippen LogP contribution < -0.4 is 10.6 Å². The topological polar surface area (TPSA) is 102 Å². The molecule has 2 aromatic heterocycles. The minimum Gasteiger partial charge on any atom is -0.464 e. The van der Waals surface area contributed by atoms with Crippen molar-refractivity contribution >= 4 is 34.3 Å². The summed E-state index contributed by atoms with van der Waals surface area (Å²) >= 11 is 0. The van der Waals surface area contributed by atoms with E-state index in [9.17, 15) is 9.59 Å². The van der Waals surface area contributed by atoms with Crippen LogP contribution in [0.3, 0.4) is 0 Å². The number of rotatable bonds is 7. The van der Waals surface area contributed by atoms with Crippen LogP contribution >= 0.6 is 0 Å². The summed E-state index contributed by atoms with van der Waals surface area (Å²) in [6.45, 7) is 7.23. The first-order valence-electron chi connectivity index (χ1n) is 10.5. The Hall–Kier alpha value is -3.68. The molecule has 8 nitrogen and oxygen atoms in total. The molecule has 0 bridgehead atoms. The molecule has 0 saturated heterocycles. The fraction of sp³-hybridized carbons (Fsp3) is 0.333. The van der Waals surface area contributed by atoms with Crippen molar-refractivity contribution in [3.63, 3.8) is 0 Å². The summed E-state index contributed by atoms with van der Waals surface area (Å²) in [5, 5.41) is 7.87. The average Bonchev–Trinajstić information content (AvgIpc) is 2.74. The second-order valence-corrected chi connectivity index (χ2v) is 8.23. The molecule has 3 aromatic rings. The van der Waals surface area contributed by atoms with Gasteiger partial charge in [-0.05, 0) is 62.9 Å². The Bertz CT molecular complexity index is 1070. The minimum absolute atomic E-state index is 0.223. The Balaban J connectivity index is 1.71. The Labute approximate surface area is 187 Å². The molecule has 0 spiro atoms. The van der Waals surface area contributed by atoms with E-state index in [1.54, 1.807) is 46.3 Å². The van der Waals surface area contributed by atoms with E-state index in [0.717, 1.165) is 22.0 Å². The SMILES string of the molecule is CCOC(=O)C(Cc1ccc(Nc2nccc3ccncc23)cc1)NC(=O)OC(C)(C)C. The predicted octanol–water partition coefficient (Wildman–Crippen LogP) is 4.37. The van der Waals surface area contributed by atoms with Crippen molar-refractivity contribution in [2.45, 2.75) is 45.8 Å². The number of esters is 1. The van der Waals surface area contributed by atoms with Gasteiger partial charge < -0.3 is 20.1 Å². The minimum atomic E-state index is -0.852. The van der Waals surface area contributed by atoms with Gasteiger partial charge in [-0.15, -0.1) is 0 Å². The van der Waals surface area contributed by atoms with Crippen molar-refractivity contribution in [2.24, 2.45) is 0 Å². The number of carbonyl (C=O) groups is 2. The van der Waals surface area contributed by atoms with Gasteiger partial charge in [0.15, 0.2) is 0 Å². The summed E-state index contributed by atoms with van der Waals surface area (Å²) < 4.78 is 10.4. The van der Waals surface area contributed by atoms with Crippen LogP contribution in [0.25, 0.3) is 10.8 Å². The molecule has 32 heavy (non-hydrogen) atoms. The molecule has 3 rings (SSSR count). The smallest absolute Gasteiger partial charge is 0.408 e. The number of nitrogens with one attached hydrogen (secondary N) is 2. The normalized spacial score (nSPS) is 12.1. The third kappa shape index (κ3) is 6.41. The summed E-state index contributed by atoms with van der Waals surface area (Å²) in [6, 6.07) is 10.6. The maximum atomic E-state index is 12.4. The van der Waals surface area contributed by atoms with Crippen LogP contribution in [0.4, 0.5) is 16.3 Å². The highest BCUT2D eigenvalue weighted by Crippen LogP contribution is 2.23. The van der Waals surface area contributed by atoms with E-state index < -0.39 is 23.7 Å². The molecule has 1 amide bonds. The highest BCUT2D eigenvalue weighted by atomic mass is 16.6. The van der Waals surface area contributed by atoms with Crippen molar-refractivity contribution in [2.75, 3.05) is 11.9 Å². The first-order chi connectivity index (χ1) is 15.2. The van der Waals surface area contributed by atoms with Crippen LogP contribution in [0.2, 0.25) is 0 Å². The Morgan fingerprint density at radius 2 is 1.78 bits per heavy atom. The van der Waals surface area contributed by atoms with Crippen molar-refractivity contribution < 1.29 is 19.1 Å². The van der Waals surface area contributed by atoms with Gasteiger partial charge in [0.25, 0.3) is 0 Å². The first-order valence-corrected chi connectivity index (χ1v) is 10.5. The van der Waals surface area contributed by atoms with Crippen LogP contribution in [0, 0.1) is 0 Å². The maximum absolute atomic E-state index is 12.4. The molecule has 168 valence electrons. The van der Waals surface area contributed by atoms with Crippen LogP contribution in [0.1, 0.15) is 33.3 Å². The van der Waals surface area contributed by atoms with E-state index >= 15 is 0 Å². The zero-order chi connectivity index (χ0) is 23.1. The zero-order valence-corrected chi connectivity index (χ0v) is 18.7. The lowest BCUT2D eigenvalue weighted by atomic mass is 10.1. The monoisotopic (exact) mass is 436 g/mol. The van der Waals surface area contributed by atoms with Gasteiger partial charge in [0, 0.05) is 36.1 Å². The number of amides is 1. The predicted molar refractivity (Wildman–Crippen MR) is 123 cm³/mol. The van der Waals surface area contributed by atoms with Gasteiger partial charge in [-0.25, -0.2) is 14.6 Å². The second-order valence-electron chi connectivity index (χ2n) is 8.23. The van der Waals surface area contributed by atoms with Crippen LogP contribution in [0.5, 0.6) is 0 Å². The summed E-state index contributed by atoms with van der Waals surface area (Å²) in [6.07, 6.45) is 4.86. The number of aromatic nitrogens is 2. The highest BCUT2D eigenvalue weighted by molar-refractivity contribution is 5.92. The van der Waals surface area contributed by atoms with Crippen molar-refractivity contribution in [3.05, 3.63) is 60.6 Å². The fourth-order valence-corrected chi connectivity index (χ4v) is 3.09. The molecule has 2 heterocycles. The second kappa shape index (κ2) is 10.1. The zero-order valence-electron chi connectivity index (χ0n) is 18.7. The van der Waals surface area contributed by atoms with Crippen LogP contribution in [-0.2, 0) is 20.7 Å². The molecule has 0 aliphatic carbocycles. The summed E-state index contributed by atoms with van der Waals surface area (Å²) in [5.74, 6) is 0.201. The standard InChI is InChI=1S/C24H28N4O4/c1-5-31-22(29)20(28-23(30)32-24(2,3)4)14-16-6-8-18(9-7-16)27-21-19-15-25-12-10-17(19)11-13-26-21/h6-13,15,20H,5,14H2,1-4H3,(H,26,27)(H,28,30). The molecular formula is C24H28N4O4. The van der Waals surface area contributed by atoms with Gasteiger partial charge in [0.05, 0.1) is 6.61 Å². The van der Waals surface area contributed by atoms with E-state index in [2.05, 4.69) is 20.6 Å². The molecule has 1 aromatic carbocycles. The number of nitrogens with zero attached hydrogens (tertiary/aromatic N) is 2. The Morgan fingerprint density at radius 1 is 1.06 bits per heavy atom. The number of ether oxygens (including phenoxy) is 2. The molecule has 1 atom stereocenters. The third-order valence-electron chi connectivity index (χ3n) is 4.49. The lowest BCUT2D eigenvalue weighted by Gasteiger charge is -2.23. The van der Waals surface area contributed by atoms with Gasteiger partial charge in [-0.1, -0.05) is 12.1 Å². The van der Waals surface area contributed by atoms with Crippen LogP contribution in [0.15, 0.2) is 55.0 Å². The van der Waals surface area contributed by atoms with Gasteiger partial charge in [-0.2, -0.15) is 0 Å². The number of carbonyl (C=O) groups excluding carboxylic acids is 2. The first kappa shape index (κ1) is 23.0. The molecule has 2 N–H and O–H groups in total. The summed E-state index contributed by atoms with van der Waals surface area (Å²) in [7, 11) is 0. The lowest BCUT2D eigenvalue weighted by molar-refractivity contribution is -0.145. The van der Waals surface area contributed by atoms with Gasteiger partial charge in [-0.3, -0.25) is 4.98 Å². The molecular weight excluding hydrogens is 408 g/mol. The Kier molecular flexibility index (Phi) is 7.25. The average molecular weight is 437 g/mol. The van der Waals surface area contributed by atoms with E-state index in [-0.39, 0.29) is 13.0 Å². The molecule has 0 radical (unpaired) electrons. The quantitative estimate of drug-likeness (QED) is 0.530. The van der Waals surface area contributed by atoms with Crippen molar-refractivity contribution in [1.29, 1.82) is 0 Å². The molecule has 1 unspecified atom stereocenters. The molecule has 0 aliphatic rings. The maximum Gasteiger partial charge on any atom is 0.408 e. The van der Waals surface area contributed by atoms with E-state index in [4.69, 9.17) is 9.47 Å². The summed E-state index contributed by atoms with van der Waals surface area (Å²) in [4.78, 5) is 33.1. The van der Waals surface area contributed by atoms with Crippen molar-refractivity contribution in [1.82, 2.24) is 15.3 Å². The van der Waals surface area contributed by atoms with E-state index in [1.165, 1.54) is 0 Å². The Morgan fingerprint density at radius 3 is 2.47 bits per heavy atom. The summed E-state index contributed by atoms with van der Waals surface area (Å²) in [5.41, 5.74) is 1.03. The number of fused-ring (bicyclic) bond motifs is 1. The fourth-order valence-electron chi connectivity index (χ4n) is 3.09. The lowest BCUT2D eigenvalue weighted by Crippen LogP contribution is -2.45. The molecule has 0 aliphatic heterocycles. The van der Waals surface area contributed by atoms with Gasteiger partial charge in [0.1, 0.15) is 17.5 Å². The van der Waals surface area contributed by atoms with Crippen LogP contribution in [-0.4, -0.2) is 40.3 Å². The van der Waals surface area contributed by atoms with Gasteiger partial charge in [0.2, 0.25) is 0 Å². The number of hydrogen-bond acceptors (Lipinski definition) is 7. The number of alkyl carbamates (subject to hydrolysis) is 1. The van der Waals surface area contributed by atoms with E-state index in [0.29, 0.717) is 5.82 Å². The number of pyridine rings is 2. The number of anilines is 2. The van der Waals surface area contributed by atoms with E-state index in [1.807, 2.05) is 36.4 Å². The van der Waals surface area contributed by atoms with Crippen molar-refractivity contribution in [3.8, 4) is 0 Å². The number of benzene rings is 1. The largest absolute Gasteiger partial charge is 0.464 e. The molecule has 8 heteroatoms. The number of hydrogen-bond donors (Lipinski definition) is 2. The molecule has 0 fully saturated rings. The highest BCUT2D eigenvalue weighted by Gasteiger charge is 2.25.